The van der Waals surface area contributed by atoms with E-state index < -0.39 is 0 Å². The first-order chi connectivity index (χ1) is 15.7. The zero-order chi connectivity index (χ0) is 22.8. The molecule has 0 saturated heterocycles. The molecule has 1 heterocycles. The van der Waals surface area contributed by atoms with Crippen molar-refractivity contribution in [2.75, 3.05) is 38.8 Å². The van der Waals surface area contributed by atoms with E-state index in [2.05, 4.69) is 0 Å². The highest BCUT2D eigenvalue weighted by molar-refractivity contribution is 5.97. The highest BCUT2D eigenvalue weighted by Crippen LogP contribution is 2.26. The third-order valence-electron chi connectivity index (χ3n) is 5.90. The Bertz CT molecular complexity index is 899. The van der Waals surface area contributed by atoms with Crippen LogP contribution in [0.5, 0.6) is 5.75 Å². The fraction of sp³-hybridized carbons (Fsp3) is 0.462. The van der Waals surface area contributed by atoms with Crippen LogP contribution in [0.2, 0.25) is 0 Å². The Morgan fingerprint density at radius 1 is 0.844 bits per heavy atom. The lowest BCUT2D eigenvalue weighted by Gasteiger charge is -2.28. The Hall–Kier alpha value is -2.86. The Labute approximate surface area is 191 Å². The Morgan fingerprint density at radius 3 is 2.25 bits per heavy atom. The van der Waals surface area contributed by atoms with E-state index in [1.807, 2.05) is 58.3 Å². The number of fused-ring (bicyclic) bond motifs is 1. The molecule has 1 aliphatic heterocycles. The summed E-state index contributed by atoms with van der Waals surface area (Å²) in [5, 5.41) is 0. The van der Waals surface area contributed by atoms with Crippen molar-refractivity contribution in [1.29, 1.82) is 0 Å². The molecule has 0 unspecified atom stereocenters. The molecule has 0 N–H and O–H groups in total. The average Bonchev–Trinajstić information content (AvgIpc) is 2.84. The van der Waals surface area contributed by atoms with Crippen LogP contribution in [0, 0.1) is 0 Å². The number of para-hydroxylation sites is 2. The van der Waals surface area contributed by atoms with Gasteiger partial charge in [-0.05, 0) is 36.6 Å². The summed E-state index contributed by atoms with van der Waals surface area (Å²) in [6.07, 6.45) is 6.35. The summed E-state index contributed by atoms with van der Waals surface area (Å²) in [6, 6.07) is 15.2. The zero-order valence-electron chi connectivity index (χ0n) is 19.2. The molecule has 0 saturated carbocycles. The highest BCUT2D eigenvalue weighted by atomic mass is 16.5. The summed E-state index contributed by atoms with van der Waals surface area (Å²) in [5.41, 5.74) is 2.37. The van der Waals surface area contributed by atoms with Gasteiger partial charge in [0.25, 0.3) is 11.8 Å². The van der Waals surface area contributed by atoms with E-state index >= 15 is 0 Å². The van der Waals surface area contributed by atoms with Gasteiger partial charge in [-0.3, -0.25) is 9.59 Å². The minimum absolute atomic E-state index is 0.0399. The van der Waals surface area contributed by atoms with Gasteiger partial charge in [-0.1, -0.05) is 56.0 Å². The molecule has 3 rings (SSSR count). The lowest BCUT2D eigenvalue weighted by Crippen LogP contribution is -2.37. The Balaban J connectivity index is 1.96. The topological polar surface area (TPSA) is 59.1 Å². The maximum Gasteiger partial charge on any atom is 0.257 e. The zero-order valence-corrected chi connectivity index (χ0v) is 19.2. The number of ether oxygens (including phenoxy) is 2. The fourth-order valence-electron chi connectivity index (χ4n) is 4.22. The fourth-order valence-corrected chi connectivity index (χ4v) is 4.22. The van der Waals surface area contributed by atoms with E-state index in [-0.39, 0.29) is 18.4 Å². The molecule has 6 nitrogen and oxygen atoms in total. The van der Waals surface area contributed by atoms with Crippen LogP contribution in [0.15, 0.2) is 48.5 Å². The van der Waals surface area contributed by atoms with Gasteiger partial charge in [0.1, 0.15) is 12.4 Å². The van der Waals surface area contributed by atoms with Crippen molar-refractivity contribution in [3.63, 3.8) is 0 Å². The van der Waals surface area contributed by atoms with Gasteiger partial charge in [0, 0.05) is 32.4 Å². The van der Waals surface area contributed by atoms with Crippen LogP contribution < -0.4 is 9.64 Å². The van der Waals surface area contributed by atoms with Crippen molar-refractivity contribution in [3.05, 3.63) is 59.7 Å². The number of carbonyl (C=O) groups is 2. The van der Waals surface area contributed by atoms with E-state index in [1.165, 1.54) is 7.11 Å². The molecule has 0 aliphatic carbocycles. The van der Waals surface area contributed by atoms with E-state index in [1.54, 1.807) is 7.11 Å². The highest BCUT2D eigenvalue weighted by Gasteiger charge is 2.23. The monoisotopic (exact) mass is 438 g/mol. The molecule has 0 atom stereocenters. The standard InChI is InChI=1S/C26H34N2O4/c1-31-20-25(29)28-18-12-6-4-3-5-11-17-27(19-21-13-7-9-15-23(21)28)26(30)22-14-8-10-16-24(22)32-2/h7-10,13-16H,3-6,11-12,17-20H2,1-2H3. The quantitative estimate of drug-likeness (QED) is 0.696. The van der Waals surface area contributed by atoms with Gasteiger partial charge in [0.15, 0.2) is 0 Å². The summed E-state index contributed by atoms with van der Waals surface area (Å²) < 4.78 is 10.6. The number of methoxy groups -OCH3 is 2. The number of nitrogens with zero attached hydrogens (tertiary/aromatic N) is 2. The molecule has 0 bridgehead atoms. The number of anilines is 1. The predicted molar refractivity (Wildman–Crippen MR) is 126 cm³/mol. The molecule has 0 spiro atoms. The molecule has 2 amide bonds. The average molecular weight is 439 g/mol. The summed E-state index contributed by atoms with van der Waals surface area (Å²) in [6.45, 7) is 1.79. The molecule has 0 radical (unpaired) electrons. The van der Waals surface area contributed by atoms with Gasteiger partial charge in [-0.15, -0.1) is 0 Å². The molecule has 172 valence electrons. The Kier molecular flexibility index (Phi) is 9.11. The van der Waals surface area contributed by atoms with Gasteiger partial charge in [-0.2, -0.15) is 0 Å². The Morgan fingerprint density at radius 2 is 1.50 bits per heavy atom. The molecule has 32 heavy (non-hydrogen) atoms. The van der Waals surface area contributed by atoms with Crippen LogP contribution >= 0.6 is 0 Å². The van der Waals surface area contributed by atoms with Crippen LogP contribution in [-0.2, 0) is 16.1 Å². The normalized spacial score (nSPS) is 15.7. The molecule has 0 fully saturated rings. The van der Waals surface area contributed by atoms with Crippen LogP contribution in [0.1, 0.15) is 54.4 Å². The van der Waals surface area contributed by atoms with E-state index in [4.69, 9.17) is 9.47 Å². The number of carbonyl (C=O) groups excluding carboxylic acids is 2. The maximum absolute atomic E-state index is 13.5. The summed E-state index contributed by atoms with van der Waals surface area (Å²) in [7, 11) is 3.12. The number of hydrogen-bond acceptors (Lipinski definition) is 4. The van der Waals surface area contributed by atoms with Crippen LogP contribution in [0.3, 0.4) is 0 Å². The molecule has 6 heteroatoms. The third-order valence-corrected chi connectivity index (χ3v) is 5.90. The van der Waals surface area contributed by atoms with Gasteiger partial charge >= 0.3 is 0 Å². The van der Waals surface area contributed by atoms with Gasteiger partial charge in [0.2, 0.25) is 0 Å². The van der Waals surface area contributed by atoms with E-state index in [9.17, 15) is 9.59 Å². The second-order valence-electron chi connectivity index (χ2n) is 8.16. The van der Waals surface area contributed by atoms with Crippen LogP contribution in [0.4, 0.5) is 5.69 Å². The second kappa shape index (κ2) is 12.2. The first-order valence-electron chi connectivity index (χ1n) is 11.4. The molecule has 1 aliphatic rings. The van der Waals surface area contributed by atoms with Crippen molar-refractivity contribution < 1.29 is 19.1 Å². The van der Waals surface area contributed by atoms with Crippen molar-refractivity contribution in [2.24, 2.45) is 0 Å². The summed E-state index contributed by atoms with van der Waals surface area (Å²) in [5.74, 6) is 0.463. The number of hydrogen-bond donors (Lipinski definition) is 0. The minimum Gasteiger partial charge on any atom is -0.496 e. The lowest BCUT2D eigenvalue weighted by molar-refractivity contribution is -0.122. The van der Waals surface area contributed by atoms with Crippen molar-refractivity contribution in [2.45, 2.75) is 45.1 Å². The minimum atomic E-state index is -0.0579. The first-order valence-corrected chi connectivity index (χ1v) is 11.4. The van der Waals surface area contributed by atoms with Gasteiger partial charge < -0.3 is 19.3 Å². The predicted octanol–water partition coefficient (Wildman–Crippen LogP) is 4.67. The molecular weight excluding hydrogens is 404 g/mol. The van der Waals surface area contributed by atoms with Gasteiger partial charge in [0.05, 0.1) is 12.7 Å². The van der Waals surface area contributed by atoms with Crippen molar-refractivity contribution in [1.82, 2.24) is 4.90 Å². The van der Waals surface area contributed by atoms with Crippen molar-refractivity contribution in [3.8, 4) is 5.75 Å². The van der Waals surface area contributed by atoms with E-state index in [0.29, 0.717) is 30.9 Å². The van der Waals surface area contributed by atoms with Crippen LogP contribution in [-0.4, -0.2) is 50.6 Å². The molecular formula is C26H34N2O4. The third kappa shape index (κ3) is 6.10. The SMILES string of the molecule is COCC(=O)N1CCCCCCCCN(C(=O)c2ccccc2OC)Cc2ccccc21. The molecule has 2 aromatic rings. The summed E-state index contributed by atoms with van der Waals surface area (Å²) >= 11 is 0. The number of rotatable bonds is 4. The maximum atomic E-state index is 13.5. The van der Waals surface area contributed by atoms with Crippen LogP contribution in [0.25, 0.3) is 0 Å². The van der Waals surface area contributed by atoms with Gasteiger partial charge in [-0.25, -0.2) is 0 Å². The second-order valence-corrected chi connectivity index (χ2v) is 8.16. The smallest absolute Gasteiger partial charge is 0.257 e. The number of amides is 2. The van der Waals surface area contributed by atoms with Crippen molar-refractivity contribution >= 4 is 17.5 Å². The van der Waals surface area contributed by atoms with E-state index in [0.717, 1.165) is 49.8 Å². The molecule has 0 aromatic heterocycles. The number of benzene rings is 2. The summed E-state index contributed by atoms with van der Waals surface area (Å²) in [4.78, 5) is 30.1. The largest absolute Gasteiger partial charge is 0.496 e. The lowest BCUT2D eigenvalue weighted by atomic mass is 10.1. The first kappa shape index (κ1) is 23.8. The molecule has 2 aromatic carbocycles.